The zero-order valence-electron chi connectivity index (χ0n) is 26.6. The number of amides is 3. The van der Waals surface area contributed by atoms with Crippen LogP contribution in [0.1, 0.15) is 39.5 Å². The molecule has 258 valence electrons. The number of methoxy groups -OCH3 is 1. The highest BCUT2D eigenvalue weighted by molar-refractivity contribution is 6.34. The summed E-state index contributed by atoms with van der Waals surface area (Å²) in [5.41, 5.74) is -0.682. The third-order valence-electron chi connectivity index (χ3n) is 8.67. The predicted molar refractivity (Wildman–Crippen MR) is 173 cm³/mol. The molecule has 0 bridgehead atoms. The van der Waals surface area contributed by atoms with E-state index in [0.29, 0.717) is 26.2 Å². The van der Waals surface area contributed by atoms with Crippen LogP contribution in [0.4, 0.5) is 18.9 Å². The van der Waals surface area contributed by atoms with Crippen LogP contribution >= 0.6 is 11.6 Å². The van der Waals surface area contributed by atoms with E-state index in [1.54, 1.807) is 4.90 Å². The molecule has 49 heavy (non-hydrogen) atoms. The Hall–Kier alpha value is -4.96. The van der Waals surface area contributed by atoms with Crippen LogP contribution in [0.5, 0.6) is 5.88 Å². The maximum absolute atomic E-state index is 14.1. The number of nitrogens with one attached hydrogen (secondary N) is 2. The molecular formula is C32H33ClF3N9O4. The topological polar surface area (TPSA) is 140 Å². The first-order valence-electron chi connectivity index (χ1n) is 15.5. The largest absolute Gasteiger partial charge is 0.481 e. The van der Waals surface area contributed by atoms with Gasteiger partial charge in [0.1, 0.15) is 0 Å². The first kappa shape index (κ1) is 33.9. The zero-order valence-corrected chi connectivity index (χ0v) is 27.4. The van der Waals surface area contributed by atoms with Crippen LogP contribution in [0.3, 0.4) is 0 Å². The molecule has 2 aliphatic rings. The maximum Gasteiger partial charge on any atom is 0.435 e. The van der Waals surface area contributed by atoms with Crippen LogP contribution in [0.15, 0.2) is 48.9 Å². The van der Waals surface area contributed by atoms with Crippen LogP contribution in [-0.2, 0) is 18.0 Å². The fourth-order valence-electron chi connectivity index (χ4n) is 6.01. The molecule has 0 atom stereocenters. The Kier molecular flexibility index (Phi) is 9.61. The number of nitrogens with zero attached hydrogens (tertiary/aromatic N) is 7. The van der Waals surface area contributed by atoms with E-state index in [1.807, 2.05) is 4.90 Å². The number of benzene rings is 1. The van der Waals surface area contributed by atoms with Gasteiger partial charge in [0, 0.05) is 63.3 Å². The molecule has 0 spiro atoms. The Balaban J connectivity index is 1.14. The first-order chi connectivity index (χ1) is 23.4. The third kappa shape index (κ3) is 7.10. The van der Waals surface area contributed by atoms with Crippen molar-refractivity contribution in [3.63, 3.8) is 0 Å². The van der Waals surface area contributed by atoms with Crippen LogP contribution < -0.4 is 15.4 Å². The predicted octanol–water partition coefficient (Wildman–Crippen LogP) is 3.88. The molecule has 0 aliphatic carbocycles. The molecule has 1 aromatic carbocycles. The van der Waals surface area contributed by atoms with E-state index < -0.39 is 17.8 Å². The summed E-state index contributed by atoms with van der Waals surface area (Å²) in [4.78, 5) is 50.9. The van der Waals surface area contributed by atoms with Crippen molar-refractivity contribution in [1.29, 1.82) is 0 Å². The summed E-state index contributed by atoms with van der Waals surface area (Å²) in [5, 5.41) is 9.77. The van der Waals surface area contributed by atoms with Crippen LogP contribution in [0.2, 0.25) is 5.02 Å². The molecule has 5 heterocycles. The molecule has 17 heteroatoms. The van der Waals surface area contributed by atoms with Gasteiger partial charge in [-0.25, -0.2) is 14.6 Å². The van der Waals surface area contributed by atoms with E-state index >= 15 is 0 Å². The van der Waals surface area contributed by atoms with Crippen LogP contribution in [0.25, 0.3) is 16.9 Å². The Bertz CT molecular complexity index is 1880. The van der Waals surface area contributed by atoms with Gasteiger partial charge in [0.2, 0.25) is 11.8 Å². The zero-order chi connectivity index (χ0) is 34.9. The number of halogens is 4. The molecule has 2 N–H and O–H groups in total. The van der Waals surface area contributed by atoms with Crippen molar-refractivity contribution in [2.24, 2.45) is 13.0 Å². The molecule has 3 amide bonds. The van der Waals surface area contributed by atoms with Gasteiger partial charge >= 0.3 is 6.18 Å². The number of aromatic nitrogens is 5. The number of pyridine rings is 1. The number of ether oxygens (including phenoxy) is 1. The van der Waals surface area contributed by atoms with Crippen molar-refractivity contribution in [3.8, 4) is 22.8 Å². The van der Waals surface area contributed by atoms with E-state index in [2.05, 4.69) is 25.7 Å². The number of anilines is 1. The Morgan fingerprint density at radius 3 is 2.41 bits per heavy atom. The molecule has 0 unspecified atom stereocenters. The second kappa shape index (κ2) is 13.9. The number of carbonyl (C=O) groups is 3. The molecule has 0 saturated carbocycles. The summed E-state index contributed by atoms with van der Waals surface area (Å²) in [5.74, 6) is -0.839. The van der Waals surface area contributed by atoms with E-state index in [9.17, 15) is 27.6 Å². The Morgan fingerprint density at radius 2 is 1.73 bits per heavy atom. The van der Waals surface area contributed by atoms with Gasteiger partial charge in [-0.15, -0.1) is 0 Å². The molecule has 13 nitrogen and oxygen atoms in total. The minimum absolute atomic E-state index is 0.00118. The van der Waals surface area contributed by atoms with Crippen molar-refractivity contribution >= 4 is 35.0 Å². The lowest BCUT2D eigenvalue weighted by molar-refractivity contribution is -0.141. The number of piperidine rings is 1. The molecular weight excluding hydrogens is 667 g/mol. The highest BCUT2D eigenvalue weighted by atomic mass is 35.5. The van der Waals surface area contributed by atoms with Gasteiger partial charge in [0.05, 0.1) is 40.8 Å². The maximum atomic E-state index is 14.1. The third-order valence-corrected chi connectivity index (χ3v) is 8.98. The number of carbonyl (C=O) groups excluding carboxylic acids is 3. The summed E-state index contributed by atoms with van der Waals surface area (Å²) in [6.07, 6.45) is 0.547. The van der Waals surface area contributed by atoms with Gasteiger partial charge in [-0.2, -0.15) is 18.3 Å². The van der Waals surface area contributed by atoms with E-state index in [0.717, 1.165) is 36.8 Å². The quantitative estimate of drug-likeness (QED) is 0.296. The number of rotatable bonds is 7. The average Bonchev–Trinajstić information content (AvgIpc) is 3.72. The lowest BCUT2D eigenvalue weighted by Crippen LogP contribution is -2.52. The fourth-order valence-corrected chi connectivity index (χ4v) is 6.27. The molecule has 6 rings (SSSR count). The summed E-state index contributed by atoms with van der Waals surface area (Å²) in [7, 11) is 2.80. The second-order valence-corrected chi connectivity index (χ2v) is 12.1. The second-order valence-electron chi connectivity index (χ2n) is 11.7. The van der Waals surface area contributed by atoms with Crippen LogP contribution in [0, 0.1) is 5.92 Å². The Labute approximate surface area is 284 Å². The number of imidazole rings is 1. The Morgan fingerprint density at radius 1 is 1.02 bits per heavy atom. The fraction of sp³-hybridized carbons (Fsp3) is 0.375. The number of alkyl halides is 3. The van der Waals surface area contributed by atoms with E-state index in [1.165, 1.54) is 61.5 Å². The smallest absolute Gasteiger partial charge is 0.435 e. The van der Waals surface area contributed by atoms with Gasteiger partial charge in [-0.05, 0) is 50.2 Å². The van der Waals surface area contributed by atoms with Gasteiger partial charge in [0.15, 0.2) is 11.5 Å². The minimum Gasteiger partial charge on any atom is -0.481 e. The minimum atomic E-state index is -4.81. The summed E-state index contributed by atoms with van der Waals surface area (Å²) in [6, 6.07) is 7.33. The van der Waals surface area contributed by atoms with E-state index in [-0.39, 0.29) is 62.7 Å². The van der Waals surface area contributed by atoms with Crippen LogP contribution in [-0.4, -0.2) is 98.2 Å². The normalized spacial score (nSPS) is 15.7. The molecule has 2 saturated heterocycles. The van der Waals surface area contributed by atoms with Crippen molar-refractivity contribution < 1.29 is 32.3 Å². The van der Waals surface area contributed by atoms with Crippen molar-refractivity contribution in [3.05, 3.63) is 71.0 Å². The molecule has 2 aliphatic heterocycles. The van der Waals surface area contributed by atoms with Crippen molar-refractivity contribution in [2.45, 2.75) is 19.0 Å². The van der Waals surface area contributed by atoms with Gasteiger partial charge < -0.3 is 29.7 Å². The molecule has 4 aromatic rings. The van der Waals surface area contributed by atoms with Crippen molar-refractivity contribution in [2.75, 3.05) is 51.7 Å². The number of piperazine rings is 1. The molecule has 2 fully saturated rings. The summed E-state index contributed by atoms with van der Waals surface area (Å²) in [6.45, 7) is 3.28. The first-order valence-corrected chi connectivity index (χ1v) is 15.9. The van der Waals surface area contributed by atoms with Gasteiger partial charge in [0.25, 0.3) is 11.8 Å². The average molecular weight is 700 g/mol. The van der Waals surface area contributed by atoms with Crippen molar-refractivity contribution in [1.82, 2.24) is 39.4 Å². The highest BCUT2D eigenvalue weighted by Crippen LogP contribution is 2.37. The van der Waals surface area contributed by atoms with Gasteiger partial charge in [-0.1, -0.05) is 11.6 Å². The highest BCUT2D eigenvalue weighted by Gasteiger charge is 2.39. The lowest BCUT2D eigenvalue weighted by atomic mass is 9.96. The molecule has 0 radical (unpaired) electrons. The SMILES string of the molecule is COc1cc(-n2cc(-c3cnc(C(=O)Nc4ccc(C(=O)N5CCN(C(=O)C6CCNCC6)CC5)c(Cl)c4)n3C)c(C(F)(F)F)n2)ccn1. The summed E-state index contributed by atoms with van der Waals surface area (Å²) >= 11 is 6.48. The number of hydrogen-bond acceptors (Lipinski definition) is 8. The van der Waals surface area contributed by atoms with E-state index in [4.69, 9.17) is 16.3 Å². The van der Waals surface area contributed by atoms with Gasteiger partial charge in [-0.3, -0.25) is 14.4 Å². The summed E-state index contributed by atoms with van der Waals surface area (Å²) < 4.78 is 49.6. The lowest BCUT2D eigenvalue weighted by Gasteiger charge is -2.37. The monoisotopic (exact) mass is 699 g/mol. The number of hydrogen-bond donors (Lipinski definition) is 2. The standard InChI is InChI=1S/C32H33ClF3N9O4/c1-42-25(23-18-45(41-27(23)32(34,35)36)21-7-10-38-26(16-21)49-2)17-39-28(42)29(46)40-20-3-4-22(24(33)15-20)31(48)44-13-11-43(12-14-44)30(47)19-5-8-37-9-6-19/h3-4,7,10,15-19,37H,5-6,8-9,11-14H2,1-2H3,(H,40,46). The molecule has 3 aromatic heterocycles.